The number of benzene rings is 1. The van der Waals surface area contributed by atoms with E-state index in [0.29, 0.717) is 43.6 Å². The number of unbranched alkanes of at least 4 members (excludes halogenated alkanes) is 1. The van der Waals surface area contributed by atoms with Gasteiger partial charge in [-0.2, -0.15) is 4.31 Å². The molecule has 6 heteroatoms. The number of hydrogen-bond donors (Lipinski definition) is 0. The Kier molecular flexibility index (Phi) is 6.02. The molecule has 0 radical (unpaired) electrons. The van der Waals surface area contributed by atoms with Gasteiger partial charge >= 0.3 is 0 Å². The predicted octanol–water partition coefficient (Wildman–Crippen LogP) is 2.28. The molecule has 1 aromatic carbocycles. The van der Waals surface area contributed by atoms with Crippen molar-refractivity contribution in [2.75, 3.05) is 32.9 Å². The van der Waals surface area contributed by atoms with Gasteiger partial charge < -0.3 is 9.47 Å². The number of sulfonamides is 1. The molecule has 0 bridgehead atoms. The molecule has 1 aliphatic rings. The maximum absolute atomic E-state index is 12.5. The minimum absolute atomic E-state index is 0.312. The van der Waals surface area contributed by atoms with Crippen LogP contribution in [-0.2, 0) is 14.8 Å². The van der Waals surface area contributed by atoms with E-state index in [2.05, 4.69) is 6.92 Å². The summed E-state index contributed by atoms with van der Waals surface area (Å²) in [6.07, 6.45) is 2.80. The Morgan fingerprint density at radius 1 is 1.19 bits per heavy atom. The van der Waals surface area contributed by atoms with E-state index >= 15 is 0 Å². The van der Waals surface area contributed by atoms with Gasteiger partial charge in [0.25, 0.3) is 0 Å². The minimum Gasteiger partial charge on any atom is -0.494 e. The lowest BCUT2D eigenvalue weighted by atomic mass is 10.3. The molecule has 1 aliphatic heterocycles. The lowest BCUT2D eigenvalue weighted by Crippen LogP contribution is -2.33. The molecule has 118 valence electrons. The number of ether oxygens (including phenoxy) is 2. The molecule has 0 aromatic heterocycles. The highest BCUT2D eigenvalue weighted by molar-refractivity contribution is 7.89. The van der Waals surface area contributed by atoms with Crippen LogP contribution in [0.15, 0.2) is 29.2 Å². The third-order valence-corrected chi connectivity index (χ3v) is 5.32. The highest BCUT2D eigenvalue weighted by Crippen LogP contribution is 2.20. The summed E-state index contributed by atoms with van der Waals surface area (Å²) in [6, 6.07) is 6.67. The van der Waals surface area contributed by atoms with Gasteiger partial charge in [0.2, 0.25) is 10.0 Å². The van der Waals surface area contributed by atoms with Crippen molar-refractivity contribution >= 4 is 10.0 Å². The molecule has 1 heterocycles. The molecule has 0 amide bonds. The van der Waals surface area contributed by atoms with Crippen LogP contribution in [0.5, 0.6) is 5.75 Å². The van der Waals surface area contributed by atoms with E-state index in [-0.39, 0.29) is 0 Å². The van der Waals surface area contributed by atoms with Gasteiger partial charge in [-0.25, -0.2) is 8.42 Å². The van der Waals surface area contributed by atoms with Crippen molar-refractivity contribution in [1.29, 1.82) is 0 Å². The summed E-state index contributed by atoms with van der Waals surface area (Å²) in [5.41, 5.74) is 0. The van der Waals surface area contributed by atoms with Crippen molar-refractivity contribution in [3.8, 4) is 5.75 Å². The molecule has 0 aliphatic carbocycles. The summed E-state index contributed by atoms with van der Waals surface area (Å²) in [5.74, 6) is 0.710. The molecule has 1 aromatic rings. The van der Waals surface area contributed by atoms with Gasteiger partial charge in [0.15, 0.2) is 0 Å². The summed E-state index contributed by atoms with van der Waals surface area (Å²) in [5, 5.41) is 0. The largest absolute Gasteiger partial charge is 0.494 e. The van der Waals surface area contributed by atoms with Gasteiger partial charge in [0, 0.05) is 19.7 Å². The smallest absolute Gasteiger partial charge is 0.243 e. The Balaban J connectivity index is 2.05. The molecule has 1 saturated heterocycles. The lowest BCUT2D eigenvalue weighted by Gasteiger charge is -2.19. The van der Waals surface area contributed by atoms with Gasteiger partial charge in [0.05, 0.1) is 18.1 Å². The molecular formula is C15H23NO4S. The van der Waals surface area contributed by atoms with E-state index < -0.39 is 10.0 Å². The average molecular weight is 313 g/mol. The zero-order chi connectivity index (χ0) is 15.1. The third-order valence-electron chi connectivity index (χ3n) is 3.41. The summed E-state index contributed by atoms with van der Waals surface area (Å²) in [6.45, 7) is 4.76. The topological polar surface area (TPSA) is 55.8 Å². The molecule has 0 atom stereocenters. The SMILES string of the molecule is CCCCOc1ccc(S(=O)(=O)N2CCCOCC2)cc1. The number of rotatable bonds is 6. The Bertz CT molecular complexity index is 519. The fraction of sp³-hybridized carbons (Fsp3) is 0.600. The van der Waals surface area contributed by atoms with Crippen LogP contribution in [0, 0.1) is 0 Å². The van der Waals surface area contributed by atoms with Crippen molar-refractivity contribution in [3.63, 3.8) is 0 Å². The van der Waals surface area contributed by atoms with Crippen LogP contribution in [0.3, 0.4) is 0 Å². The summed E-state index contributed by atoms with van der Waals surface area (Å²) >= 11 is 0. The van der Waals surface area contributed by atoms with Crippen LogP contribution in [0.4, 0.5) is 0 Å². The average Bonchev–Trinajstić information content (AvgIpc) is 2.78. The van der Waals surface area contributed by atoms with Crippen molar-refractivity contribution in [3.05, 3.63) is 24.3 Å². The Morgan fingerprint density at radius 3 is 2.67 bits per heavy atom. The van der Waals surface area contributed by atoms with Crippen molar-refractivity contribution in [2.45, 2.75) is 31.1 Å². The molecule has 1 fully saturated rings. The first-order chi connectivity index (χ1) is 10.1. The maximum atomic E-state index is 12.5. The minimum atomic E-state index is -3.43. The highest BCUT2D eigenvalue weighted by Gasteiger charge is 2.25. The quantitative estimate of drug-likeness (QED) is 0.756. The van der Waals surface area contributed by atoms with E-state index in [9.17, 15) is 8.42 Å². The first-order valence-corrected chi connectivity index (χ1v) is 8.89. The second-order valence-electron chi connectivity index (χ2n) is 5.04. The normalized spacial score (nSPS) is 17.4. The summed E-state index contributed by atoms with van der Waals surface area (Å²) in [4.78, 5) is 0.312. The second-order valence-corrected chi connectivity index (χ2v) is 6.98. The zero-order valence-electron chi connectivity index (χ0n) is 12.5. The Hall–Kier alpha value is -1.11. The van der Waals surface area contributed by atoms with Crippen molar-refractivity contribution in [2.24, 2.45) is 0 Å². The first-order valence-electron chi connectivity index (χ1n) is 7.45. The van der Waals surface area contributed by atoms with E-state index in [1.54, 1.807) is 24.3 Å². The molecule has 2 rings (SSSR count). The van der Waals surface area contributed by atoms with Crippen LogP contribution < -0.4 is 4.74 Å². The number of nitrogens with zero attached hydrogens (tertiary/aromatic N) is 1. The summed E-state index contributed by atoms with van der Waals surface area (Å²) in [7, 11) is -3.43. The van der Waals surface area contributed by atoms with Crippen LogP contribution >= 0.6 is 0 Å². The van der Waals surface area contributed by atoms with E-state index in [4.69, 9.17) is 9.47 Å². The Morgan fingerprint density at radius 2 is 1.95 bits per heavy atom. The predicted molar refractivity (Wildman–Crippen MR) is 81.0 cm³/mol. The monoisotopic (exact) mass is 313 g/mol. The van der Waals surface area contributed by atoms with Gasteiger partial charge in [0.1, 0.15) is 5.75 Å². The zero-order valence-corrected chi connectivity index (χ0v) is 13.3. The van der Waals surface area contributed by atoms with Crippen LogP contribution in [-0.4, -0.2) is 45.6 Å². The standard InChI is InChI=1S/C15H23NO4S/c1-2-3-12-20-14-5-7-15(8-6-14)21(17,18)16-9-4-11-19-13-10-16/h5-8H,2-4,9-13H2,1H3. The van der Waals surface area contributed by atoms with Crippen LogP contribution in [0.25, 0.3) is 0 Å². The molecule has 0 spiro atoms. The van der Waals surface area contributed by atoms with E-state index in [0.717, 1.165) is 19.3 Å². The van der Waals surface area contributed by atoms with Crippen LogP contribution in [0.1, 0.15) is 26.2 Å². The Labute approximate surface area is 126 Å². The van der Waals surface area contributed by atoms with Crippen molar-refractivity contribution in [1.82, 2.24) is 4.31 Å². The van der Waals surface area contributed by atoms with E-state index in [1.165, 1.54) is 4.31 Å². The molecule has 5 nitrogen and oxygen atoms in total. The maximum Gasteiger partial charge on any atom is 0.243 e. The fourth-order valence-corrected chi connectivity index (χ4v) is 3.62. The molecule has 0 saturated carbocycles. The lowest BCUT2D eigenvalue weighted by molar-refractivity contribution is 0.148. The number of hydrogen-bond acceptors (Lipinski definition) is 4. The molecule has 0 N–H and O–H groups in total. The fourth-order valence-electron chi connectivity index (χ4n) is 2.15. The highest BCUT2D eigenvalue weighted by atomic mass is 32.2. The molecule has 0 unspecified atom stereocenters. The van der Waals surface area contributed by atoms with Crippen LogP contribution in [0.2, 0.25) is 0 Å². The summed E-state index contributed by atoms with van der Waals surface area (Å²) < 4.78 is 37.4. The van der Waals surface area contributed by atoms with Gasteiger partial charge in [-0.3, -0.25) is 0 Å². The second kappa shape index (κ2) is 7.77. The van der Waals surface area contributed by atoms with Crippen molar-refractivity contribution < 1.29 is 17.9 Å². The van der Waals surface area contributed by atoms with Gasteiger partial charge in [-0.15, -0.1) is 0 Å². The van der Waals surface area contributed by atoms with E-state index in [1.807, 2.05) is 0 Å². The third kappa shape index (κ3) is 4.43. The first kappa shape index (κ1) is 16.3. The molecule has 21 heavy (non-hydrogen) atoms. The van der Waals surface area contributed by atoms with Gasteiger partial charge in [-0.1, -0.05) is 13.3 Å². The molecular weight excluding hydrogens is 290 g/mol. The van der Waals surface area contributed by atoms with Gasteiger partial charge in [-0.05, 0) is 37.1 Å².